The Balaban J connectivity index is 1.56. The molecule has 4 atom stereocenters. The number of nitrogens with one attached hydrogen (secondary N) is 2. The van der Waals surface area contributed by atoms with Crippen molar-refractivity contribution in [3.05, 3.63) is 119 Å². The fourth-order valence-corrected chi connectivity index (χ4v) is 7.20. The number of anilines is 2. The number of hydrogen-bond donors (Lipinski definition) is 3. The number of carbonyl (C=O) groups is 3. The van der Waals surface area contributed by atoms with Gasteiger partial charge in [-0.2, -0.15) is 0 Å². The van der Waals surface area contributed by atoms with Crippen LogP contribution in [0.4, 0.5) is 11.4 Å². The smallest absolute Gasteiger partial charge is 0.235 e. The number of Topliss-reactive ketones (excluding diaryl/α,β-unsaturated/α-hetero) is 1. The second kappa shape index (κ2) is 16.2. The lowest BCUT2D eigenvalue weighted by molar-refractivity contribution is -0.150. The molecule has 52 heavy (non-hydrogen) atoms. The Kier molecular flexibility index (Phi) is 11.9. The van der Waals surface area contributed by atoms with Crippen molar-refractivity contribution in [2.45, 2.75) is 91.3 Å². The van der Waals surface area contributed by atoms with Crippen molar-refractivity contribution in [3.8, 4) is 11.5 Å². The minimum atomic E-state index is -1.76. The lowest BCUT2D eigenvalue weighted by atomic mass is 9.61. The van der Waals surface area contributed by atoms with Gasteiger partial charge in [-0.1, -0.05) is 101 Å². The highest BCUT2D eigenvalue weighted by atomic mass is 16.5. The van der Waals surface area contributed by atoms with Crippen LogP contribution in [0.1, 0.15) is 88.6 Å². The van der Waals surface area contributed by atoms with Gasteiger partial charge in [-0.15, -0.1) is 0 Å². The van der Waals surface area contributed by atoms with E-state index in [9.17, 15) is 19.5 Å². The van der Waals surface area contributed by atoms with Gasteiger partial charge >= 0.3 is 0 Å². The lowest BCUT2D eigenvalue weighted by Gasteiger charge is -2.44. The van der Waals surface area contributed by atoms with Gasteiger partial charge in [0.25, 0.3) is 0 Å². The molecule has 4 unspecified atom stereocenters. The minimum Gasteiger partial charge on any atom is -0.490 e. The number of ketones is 1. The van der Waals surface area contributed by atoms with Gasteiger partial charge in [0.1, 0.15) is 18.3 Å². The van der Waals surface area contributed by atoms with Crippen LogP contribution in [0.2, 0.25) is 0 Å². The Morgan fingerprint density at radius 1 is 0.788 bits per heavy atom. The van der Waals surface area contributed by atoms with E-state index in [2.05, 4.69) is 43.5 Å². The zero-order chi connectivity index (χ0) is 37.6. The summed E-state index contributed by atoms with van der Waals surface area (Å²) in [7, 11) is 0. The highest BCUT2D eigenvalue weighted by molar-refractivity contribution is 6.10. The van der Waals surface area contributed by atoms with Gasteiger partial charge in [0.15, 0.2) is 11.5 Å². The van der Waals surface area contributed by atoms with Gasteiger partial charge in [-0.05, 0) is 84.2 Å². The van der Waals surface area contributed by atoms with E-state index in [4.69, 9.17) is 9.47 Å². The second-order valence-electron chi connectivity index (χ2n) is 14.9. The predicted molar refractivity (Wildman–Crippen MR) is 206 cm³/mol. The summed E-state index contributed by atoms with van der Waals surface area (Å²) in [5.41, 5.74) is 4.06. The van der Waals surface area contributed by atoms with Gasteiger partial charge in [0.2, 0.25) is 11.8 Å². The molecule has 5 rings (SSSR count). The number of hydrogen-bond acceptors (Lipinski definition) is 6. The van der Waals surface area contributed by atoms with Crippen LogP contribution in [-0.2, 0) is 39.2 Å². The molecule has 0 spiro atoms. The van der Waals surface area contributed by atoms with Gasteiger partial charge in [-0.25, -0.2) is 0 Å². The van der Waals surface area contributed by atoms with Crippen molar-refractivity contribution in [2.75, 3.05) is 17.2 Å². The molecule has 0 heterocycles. The fourth-order valence-electron chi connectivity index (χ4n) is 7.20. The Morgan fingerprint density at radius 2 is 1.37 bits per heavy atom. The van der Waals surface area contributed by atoms with Gasteiger partial charge in [0, 0.05) is 23.7 Å². The molecule has 8 heteroatoms. The van der Waals surface area contributed by atoms with Gasteiger partial charge in [0.05, 0.1) is 18.1 Å². The van der Waals surface area contributed by atoms with E-state index >= 15 is 0 Å². The number of para-hydroxylation sites is 2. The molecule has 0 aromatic heterocycles. The molecule has 1 saturated carbocycles. The van der Waals surface area contributed by atoms with Gasteiger partial charge < -0.3 is 25.2 Å². The molecule has 274 valence electrons. The highest BCUT2D eigenvalue weighted by Crippen LogP contribution is 2.48. The maximum absolute atomic E-state index is 14.4. The standard InChI is InChI=1S/C44H52N2O6/c1-8-29-15-11-13-17-33(29)45-41(48)39-35(47)26-44(7,50)40(42(49)46-34-18-14-12-16-30(34)9-2)38(39)31-21-24-36(37(25-31)51-10-3)52-27-28-19-22-32(23-20-28)43(4,5)6/h11-25,38-40,50H,8-10,26-27H2,1-7H3,(H,45,48)(H,46,49). The number of rotatable bonds is 12. The Bertz CT molecular complexity index is 1890. The van der Waals surface area contributed by atoms with E-state index in [0.717, 1.165) is 16.7 Å². The maximum Gasteiger partial charge on any atom is 0.235 e. The summed E-state index contributed by atoms with van der Waals surface area (Å²) in [4.78, 5) is 42.7. The zero-order valence-electron chi connectivity index (χ0n) is 31.4. The molecule has 2 amide bonds. The van der Waals surface area contributed by atoms with Crippen LogP contribution in [0.3, 0.4) is 0 Å². The summed E-state index contributed by atoms with van der Waals surface area (Å²) in [6.07, 6.45) is 0.994. The maximum atomic E-state index is 14.4. The SMILES string of the molecule is CCOc1cc(C2C(C(=O)Nc3ccccc3CC)C(=O)CC(C)(O)C2C(=O)Nc2ccccc2CC)ccc1OCc1ccc(C(C)(C)C)cc1. The minimum absolute atomic E-state index is 0.0325. The summed E-state index contributed by atoms with van der Waals surface area (Å²) in [5.74, 6) is -4.04. The third-order valence-electron chi connectivity index (χ3n) is 10.0. The number of benzene rings is 4. The van der Waals surface area contributed by atoms with Crippen LogP contribution in [0.5, 0.6) is 11.5 Å². The molecule has 0 bridgehead atoms. The van der Waals surface area contributed by atoms with Crippen molar-refractivity contribution in [2.24, 2.45) is 11.8 Å². The molecule has 1 aliphatic carbocycles. The quantitative estimate of drug-likeness (QED) is 0.128. The molecule has 3 N–H and O–H groups in total. The average Bonchev–Trinajstić information content (AvgIpc) is 3.10. The summed E-state index contributed by atoms with van der Waals surface area (Å²) < 4.78 is 12.3. The van der Waals surface area contributed by atoms with E-state index in [1.807, 2.05) is 75.4 Å². The summed E-state index contributed by atoms with van der Waals surface area (Å²) >= 11 is 0. The fraction of sp³-hybridized carbons (Fsp3) is 0.386. The molecular weight excluding hydrogens is 652 g/mol. The predicted octanol–water partition coefficient (Wildman–Crippen LogP) is 8.40. The largest absolute Gasteiger partial charge is 0.490 e. The first-order valence-electron chi connectivity index (χ1n) is 18.3. The molecule has 4 aromatic rings. The number of ether oxygens (including phenoxy) is 2. The van der Waals surface area contributed by atoms with Crippen LogP contribution in [0, 0.1) is 11.8 Å². The van der Waals surface area contributed by atoms with Crippen molar-refractivity contribution >= 4 is 29.0 Å². The third kappa shape index (κ3) is 8.56. The first kappa shape index (κ1) is 38.3. The van der Waals surface area contributed by atoms with Crippen molar-refractivity contribution in [3.63, 3.8) is 0 Å². The number of amides is 2. The molecule has 0 radical (unpaired) electrons. The van der Waals surface area contributed by atoms with Crippen LogP contribution in [-0.4, -0.2) is 34.9 Å². The van der Waals surface area contributed by atoms with Crippen LogP contribution >= 0.6 is 0 Å². The first-order chi connectivity index (χ1) is 24.8. The van der Waals surface area contributed by atoms with E-state index in [-0.39, 0.29) is 11.8 Å². The van der Waals surface area contributed by atoms with Crippen LogP contribution < -0.4 is 20.1 Å². The van der Waals surface area contributed by atoms with Crippen molar-refractivity contribution < 1.29 is 29.0 Å². The Morgan fingerprint density at radius 3 is 1.92 bits per heavy atom. The second-order valence-corrected chi connectivity index (χ2v) is 14.9. The third-order valence-corrected chi connectivity index (χ3v) is 10.0. The normalized spacial score (nSPS) is 20.2. The Labute approximate surface area is 308 Å². The molecule has 4 aromatic carbocycles. The number of carbonyl (C=O) groups excluding carboxylic acids is 3. The summed E-state index contributed by atoms with van der Waals surface area (Å²) in [6, 6.07) is 28.5. The van der Waals surface area contributed by atoms with Gasteiger partial charge in [-0.3, -0.25) is 14.4 Å². The molecule has 1 aliphatic rings. The summed E-state index contributed by atoms with van der Waals surface area (Å²) in [6.45, 7) is 14.5. The number of aliphatic hydroxyl groups is 1. The lowest BCUT2D eigenvalue weighted by Crippen LogP contribution is -2.56. The van der Waals surface area contributed by atoms with E-state index in [1.165, 1.54) is 12.5 Å². The Hall–Kier alpha value is -4.95. The zero-order valence-corrected chi connectivity index (χ0v) is 31.4. The molecule has 1 fully saturated rings. The van der Waals surface area contributed by atoms with Crippen molar-refractivity contribution in [1.29, 1.82) is 0 Å². The first-order valence-corrected chi connectivity index (χ1v) is 18.3. The monoisotopic (exact) mass is 704 g/mol. The molecule has 0 saturated heterocycles. The van der Waals surface area contributed by atoms with Crippen LogP contribution in [0.25, 0.3) is 0 Å². The molecule has 8 nitrogen and oxygen atoms in total. The molecular formula is C44H52N2O6. The number of aryl methyl sites for hydroxylation is 2. The van der Waals surface area contributed by atoms with E-state index in [1.54, 1.807) is 24.3 Å². The van der Waals surface area contributed by atoms with Crippen LogP contribution in [0.15, 0.2) is 91.0 Å². The van der Waals surface area contributed by atoms with E-state index < -0.39 is 41.0 Å². The van der Waals surface area contributed by atoms with Crippen molar-refractivity contribution in [1.82, 2.24) is 0 Å². The van der Waals surface area contributed by atoms with E-state index in [0.29, 0.717) is 54.5 Å². The topological polar surface area (TPSA) is 114 Å². The summed E-state index contributed by atoms with van der Waals surface area (Å²) in [5, 5.41) is 17.9. The molecule has 0 aliphatic heterocycles. The highest BCUT2D eigenvalue weighted by Gasteiger charge is 2.56. The average molecular weight is 705 g/mol.